The second-order valence-electron chi connectivity index (χ2n) is 3.40. The Labute approximate surface area is 86.3 Å². The van der Waals surface area contributed by atoms with Gasteiger partial charge in [0.1, 0.15) is 0 Å². The minimum Gasteiger partial charge on any atom is -0.475 e. The topological polar surface area (TPSA) is 85.2 Å². The van der Waals surface area contributed by atoms with Crippen molar-refractivity contribution in [1.29, 1.82) is 0 Å². The molecule has 1 aromatic heterocycles. The second kappa shape index (κ2) is 4.31. The Bertz CT molecular complexity index is 363. The van der Waals surface area contributed by atoms with Gasteiger partial charge in [-0.05, 0) is 12.8 Å². The summed E-state index contributed by atoms with van der Waals surface area (Å²) in [6.07, 6.45) is 3.25. The molecule has 1 aliphatic rings. The van der Waals surface area contributed by atoms with Gasteiger partial charge in [-0.15, -0.1) is 5.10 Å². The molecule has 0 saturated carbocycles. The first kappa shape index (κ1) is 9.97. The predicted molar refractivity (Wildman–Crippen MR) is 49.6 cm³/mol. The van der Waals surface area contributed by atoms with E-state index in [1.54, 1.807) is 0 Å². The van der Waals surface area contributed by atoms with Crippen molar-refractivity contribution < 1.29 is 14.6 Å². The van der Waals surface area contributed by atoms with E-state index in [0.717, 1.165) is 12.8 Å². The Morgan fingerprint density at radius 2 is 2.20 bits per heavy atom. The Morgan fingerprint density at radius 3 is 2.87 bits per heavy atom. The van der Waals surface area contributed by atoms with Crippen molar-refractivity contribution >= 4 is 5.97 Å². The number of rotatable bonds is 2. The molecule has 15 heavy (non-hydrogen) atoms. The average Bonchev–Trinajstić information content (AvgIpc) is 2.30. The molecule has 80 valence electrons. The van der Waals surface area contributed by atoms with Crippen LogP contribution in [-0.2, 0) is 4.74 Å². The maximum absolute atomic E-state index is 10.6. The molecule has 0 amide bonds. The lowest BCUT2D eigenvalue weighted by atomic mass is 9.97. The van der Waals surface area contributed by atoms with E-state index in [4.69, 9.17) is 9.84 Å². The summed E-state index contributed by atoms with van der Waals surface area (Å²) in [5, 5.41) is 15.8. The van der Waals surface area contributed by atoms with Crippen molar-refractivity contribution in [1.82, 2.24) is 15.2 Å². The zero-order valence-electron chi connectivity index (χ0n) is 8.09. The van der Waals surface area contributed by atoms with E-state index in [-0.39, 0.29) is 11.7 Å². The van der Waals surface area contributed by atoms with E-state index >= 15 is 0 Å². The number of carboxylic acids is 1. The molecule has 1 saturated heterocycles. The number of hydrogen-bond donors (Lipinski definition) is 1. The average molecular weight is 209 g/mol. The van der Waals surface area contributed by atoms with Crippen molar-refractivity contribution in [2.45, 2.75) is 18.8 Å². The lowest BCUT2D eigenvalue weighted by Crippen LogP contribution is -2.17. The molecule has 0 aromatic carbocycles. The highest BCUT2D eigenvalue weighted by atomic mass is 16.5. The summed E-state index contributed by atoms with van der Waals surface area (Å²) >= 11 is 0. The molecule has 0 atom stereocenters. The summed E-state index contributed by atoms with van der Waals surface area (Å²) < 4.78 is 5.22. The smallest absolute Gasteiger partial charge is 0.375 e. The first-order valence-electron chi connectivity index (χ1n) is 4.78. The maximum atomic E-state index is 10.6. The molecule has 1 N–H and O–H groups in total. The van der Waals surface area contributed by atoms with Gasteiger partial charge >= 0.3 is 5.97 Å². The van der Waals surface area contributed by atoms with Gasteiger partial charge in [0.2, 0.25) is 0 Å². The molecule has 1 aliphatic heterocycles. The zero-order chi connectivity index (χ0) is 10.7. The number of hydrogen-bond acceptors (Lipinski definition) is 5. The SMILES string of the molecule is O=C(O)c1nncc(C2CCOCC2)n1. The highest BCUT2D eigenvalue weighted by Crippen LogP contribution is 2.24. The first-order chi connectivity index (χ1) is 7.27. The lowest BCUT2D eigenvalue weighted by Gasteiger charge is -2.20. The van der Waals surface area contributed by atoms with Crippen LogP contribution in [0.3, 0.4) is 0 Å². The second-order valence-corrected chi connectivity index (χ2v) is 3.40. The lowest BCUT2D eigenvalue weighted by molar-refractivity contribution is 0.0679. The zero-order valence-corrected chi connectivity index (χ0v) is 8.09. The maximum Gasteiger partial charge on any atom is 0.375 e. The fourth-order valence-electron chi connectivity index (χ4n) is 1.60. The number of ether oxygens (including phenoxy) is 1. The number of carboxylic acid groups (broad SMARTS) is 1. The summed E-state index contributed by atoms with van der Waals surface area (Å²) in [4.78, 5) is 14.6. The predicted octanol–water partition coefficient (Wildman–Crippen LogP) is 0.464. The van der Waals surface area contributed by atoms with Gasteiger partial charge in [0.25, 0.3) is 5.82 Å². The van der Waals surface area contributed by atoms with Crippen LogP contribution < -0.4 is 0 Å². The molecule has 2 rings (SSSR count). The number of aromatic nitrogens is 3. The van der Waals surface area contributed by atoms with E-state index < -0.39 is 5.97 Å². The third-order valence-corrected chi connectivity index (χ3v) is 2.41. The van der Waals surface area contributed by atoms with Gasteiger partial charge in [-0.3, -0.25) is 0 Å². The molecule has 0 aliphatic carbocycles. The van der Waals surface area contributed by atoms with Crippen LogP contribution in [0.15, 0.2) is 6.20 Å². The van der Waals surface area contributed by atoms with Crippen LogP contribution in [0.1, 0.15) is 35.1 Å². The first-order valence-corrected chi connectivity index (χ1v) is 4.78. The molecule has 0 bridgehead atoms. The molecule has 2 heterocycles. The molecule has 0 radical (unpaired) electrons. The van der Waals surface area contributed by atoms with E-state index in [1.807, 2.05) is 0 Å². The molecule has 1 fully saturated rings. The van der Waals surface area contributed by atoms with Crippen LogP contribution in [-0.4, -0.2) is 39.5 Å². The van der Waals surface area contributed by atoms with E-state index in [0.29, 0.717) is 18.9 Å². The molecular weight excluding hydrogens is 198 g/mol. The van der Waals surface area contributed by atoms with Crippen molar-refractivity contribution in [2.75, 3.05) is 13.2 Å². The summed E-state index contributed by atoms with van der Waals surface area (Å²) in [6.45, 7) is 1.38. The number of aromatic carboxylic acids is 1. The third kappa shape index (κ3) is 2.27. The summed E-state index contributed by atoms with van der Waals surface area (Å²) in [6, 6.07) is 0. The van der Waals surface area contributed by atoms with Gasteiger partial charge in [-0.2, -0.15) is 5.10 Å². The van der Waals surface area contributed by atoms with Crippen molar-refractivity contribution in [3.8, 4) is 0 Å². The van der Waals surface area contributed by atoms with Crippen LogP contribution in [0, 0.1) is 0 Å². The fraction of sp³-hybridized carbons (Fsp3) is 0.556. The van der Waals surface area contributed by atoms with Crippen LogP contribution >= 0.6 is 0 Å². The monoisotopic (exact) mass is 209 g/mol. The minimum absolute atomic E-state index is 0.237. The number of nitrogens with zero attached hydrogens (tertiary/aromatic N) is 3. The molecular formula is C9H11N3O3. The van der Waals surface area contributed by atoms with Gasteiger partial charge in [0.15, 0.2) is 0 Å². The quantitative estimate of drug-likeness (QED) is 0.761. The third-order valence-electron chi connectivity index (χ3n) is 2.41. The van der Waals surface area contributed by atoms with Gasteiger partial charge < -0.3 is 9.84 Å². The molecule has 0 spiro atoms. The van der Waals surface area contributed by atoms with Gasteiger partial charge in [-0.1, -0.05) is 0 Å². The highest BCUT2D eigenvalue weighted by Gasteiger charge is 2.19. The van der Waals surface area contributed by atoms with E-state index in [1.165, 1.54) is 6.20 Å². The van der Waals surface area contributed by atoms with E-state index in [9.17, 15) is 4.79 Å². The molecule has 0 unspecified atom stereocenters. The Hall–Kier alpha value is -1.56. The van der Waals surface area contributed by atoms with Gasteiger partial charge in [-0.25, -0.2) is 9.78 Å². The van der Waals surface area contributed by atoms with Crippen LogP contribution in [0.4, 0.5) is 0 Å². The summed E-state index contributed by atoms with van der Waals surface area (Å²) in [5.74, 6) is -1.14. The highest BCUT2D eigenvalue weighted by molar-refractivity contribution is 5.82. The van der Waals surface area contributed by atoms with Crippen molar-refractivity contribution in [3.05, 3.63) is 17.7 Å². The van der Waals surface area contributed by atoms with Crippen LogP contribution in [0.5, 0.6) is 0 Å². The number of carbonyl (C=O) groups is 1. The molecule has 6 heteroatoms. The minimum atomic E-state index is -1.14. The Balaban J connectivity index is 2.19. The van der Waals surface area contributed by atoms with Gasteiger partial charge in [0, 0.05) is 19.1 Å². The molecule has 6 nitrogen and oxygen atoms in total. The van der Waals surface area contributed by atoms with Gasteiger partial charge in [0.05, 0.1) is 11.9 Å². The van der Waals surface area contributed by atoms with Crippen LogP contribution in [0.25, 0.3) is 0 Å². The summed E-state index contributed by atoms with van der Waals surface area (Å²) in [5.41, 5.74) is 0.700. The standard InChI is InChI=1S/C9H11N3O3/c13-9(14)8-11-7(5-10-12-8)6-1-3-15-4-2-6/h5-6H,1-4H2,(H,13,14). The Morgan fingerprint density at radius 1 is 1.47 bits per heavy atom. The normalized spacial score (nSPS) is 17.6. The van der Waals surface area contributed by atoms with Crippen LogP contribution in [0.2, 0.25) is 0 Å². The molecule has 1 aromatic rings. The van der Waals surface area contributed by atoms with Crippen molar-refractivity contribution in [3.63, 3.8) is 0 Å². The van der Waals surface area contributed by atoms with Crippen molar-refractivity contribution in [2.24, 2.45) is 0 Å². The fourth-order valence-corrected chi connectivity index (χ4v) is 1.60. The Kier molecular flexibility index (Phi) is 2.86. The van der Waals surface area contributed by atoms with E-state index in [2.05, 4.69) is 15.2 Å². The summed E-state index contributed by atoms with van der Waals surface area (Å²) in [7, 11) is 0. The largest absolute Gasteiger partial charge is 0.475 e.